The molecular weight excluding hydrogens is 268 g/mol. The zero-order valence-corrected chi connectivity index (χ0v) is 11.6. The first-order valence-electron chi connectivity index (χ1n) is 6.58. The largest absolute Gasteiger partial charge is 0.306 e. The lowest BCUT2D eigenvalue weighted by molar-refractivity contribution is 0.0989. The third-order valence-corrected chi connectivity index (χ3v) is 4.63. The molecule has 1 amide bonds. The summed E-state index contributed by atoms with van der Waals surface area (Å²) in [4.78, 5) is 19.0. The minimum atomic E-state index is 0.0103. The molecule has 0 fully saturated rings. The van der Waals surface area contributed by atoms with Gasteiger partial charge in [-0.2, -0.15) is 0 Å². The van der Waals surface area contributed by atoms with E-state index in [-0.39, 0.29) is 5.91 Å². The summed E-state index contributed by atoms with van der Waals surface area (Å²) in [5.41, 5.74) is 3.16. The average molecular weight is 280 g/mol. The van der Waals surface area contributed by atoms with Crippen LogP contribution in [0.2, 0.25) is 0 Å². The number of amides is 1. The maximum absolute atomic E-state index is 12.7. The van der Waals surface area contributed by atoms with Crippen molar-refractivity contribution in [2.45, 2.75) is 6.42 Å². The van der Waals surface area contributed by atoms with Gasteiger partial charge in [0.25, 0.3) is 5.91 Å². The maximum Gasteiger partial charge on any atom is 0.287 e. The number of fused-ring (bicyclic) bond motifs is 2. The van der Waals surface area contributed by atoms with Crippen molar-refractivity contribution in [1.29, 1.82) is 0 Å². The van der Waals surface area contributed by atoms with Crippen LogP contribution in [0.25, 0.3) is 10.2 Å². The highest BCUT2D eigenvalue weighted by Crippen LogP contribution is 2.30. The summed E-state index contributed by atoms with van der Waals surface area (Å²) in [6.07, 6.45) is 0.923. The van der Waals surface area contributed by atoms with Crippen LogP contribution in [-0.2, 0) is 6.42 Å². The van der Waals surface area contributed by atoms with Gasteiger partial charge in [-0.3, -0.25) is 4.79 Å². The Labute approximate surface area is 120 Å². The molecule has 98 valence electrons. The third kappa shape index (κ3) is 1.72. The molecule has 0 N–H and O–H groups in total. The number of anilines is 1. The van der Waals surface area contributed by atoms with E-state index >= 15 is 0 Å². The molecule has 4 heteroatoms. The molecule has 1 aliphatic heterocycles. The lowest BCUT2D eigenvalue weighted by Gasteiger charge is -2.15. The first-order valence-corrected chi connectivity index (χ1v) is 7.40. The van der Waals surface area contributed by atoms with E-state index in [0.717, 1.165) is 28.9 Å². The van der Waals surface area contributed by atoms with E-state index in [9.17, 15) is 4.79 Å². The number of hydrogen-bond donors (Lipinski definition) is 0. The number of carbonyl (C=O) groups is 1. The number of hydrogen-bond acceptors (Lipinski definition) is 3. The molecule has 0 saturated heterocycles. The van der Waals surface area contributed by atoms with E-state index < -0.39 is 0 Å². The molecule has 1 aliphatic rings. The van der Waals surface area contributed by atoms with Gasteiger partial charge in [-0.1, -0.05) is 30.3 Å². The molecule has 4 rings (SSSR count). The molecule has 0 atom stereocenters. The van der Waals surface area contributed by atoms with Crippen molar-refractivity contribution in [3.8, 4) is 0 Å². The van der Waals surface area contributed by atoms with Crippen LogP contribution in [0.3, 0.4) is 0 Å². The van der Waals surface area contributed by atoms with Crippen molar-refractivity contribution in [1.82, 2.24) is 4.98 Å². The first-order chi connectivity index (χ1) is 9.83. The molecule has 3 nitrogen and oxygen atoms in total. The minimum Gasteiger partial charge on any atom is -0.306 e. The number of rotatable bonds is 1. The molecular formula is C16H12N2OS. The lowest BCUT2D eigenvalue weighted by atomic mass is 10.2. The summed E-state index contributed by atoms with van der Waals surface area (Å²) in [6, 6.07) is 15.9. The second-order valence-electron chi connectivity index (χ2n) is 4.82. The molecule has 0 unspecified atom stereocenters. The number of para-hydroxylation sites is 2. The Morgan fingerprint density at radius 3 is 2.80 bits per heavy atom. The quantitative estimate of drug-likeness (QED) is 0.683. The van der Waals surface area contributed by atoms with Gasteiger partial charge in [0.15, 0.2) is 5.01 Å². The fourth-order valence-corrected chi connectivity index (χ4v) is 3.54. The Kier molecular flexibility index (Phi) is 2.57. The Bertz CT molecular complexity index is 776. The number of thiazole rings is 1. The van der Waals surface area contributed by atoms with E-state index in [2.05, 4.69) is 11.1 Å². The SMILES string of the molecule is O=C(c1nc2ccccc2s1)N1CCc2ccccc21. The smallest absolute Gasteiger partial charge is 0.287 e. The highest BCUT2D eigenvalue weighted by Gasteiger charge is 2.27. The summed E-state index contributed by atoms with van der Waals surface area (Å²) >= 11 is 1.46. The van der Waals surface area contributed by atoms with Crippen LogP contribution < -0.4 is 4.90 Å². The maximum atomic E-state index is 12.7. The highest BCUT2D eigenvalue weighted by atomic mass is 32.1. The molecule has 3 aromatic rings. The van der Waals surface area contributed by atoms with Crippen LogP contribution in [0.1, 0.15) is 15.4 Å². The summed E-state index contributed by atoms with van der Waals surface area (Å²) in [7, 11) is 0. The van der Waals surface area contributed by atoms with E-state index in [4.69, 9.17) is 0 Å². The van der Waals surface area contributed by atoms with Crippen LogP contribution in [0.15, 0.2) is 48.5 Å². The van der Waals surface area contributed by atoms with Crippen LogP contribution in [0.5, 0.6) is 0 Å². The molecule has 2 heterocycles. The summed E-state index contributed by atoms with van der Waals surface area (Å²) in [5.74, 6) is 0.0103. The molecule has 0 saturated carbocycles. The van der Waals surface area contributed by atoms with Gasteiger partial charge in [-0.15, -0.1) is 11.3 Å². The van der Waals surface area contributed by atoms with Crippen LogP contribution in [0.4, 0.5) is 5.69 Å². The van der Waals surface area contributed by atoms with Gasteiger partial charge in [-0.25, -0.2) is 4.98 Å². The summed E-state index contributed by atoms with van der Waals surface area (Å²) < 4.78 is 1.06. The fraction of sp³-hybridized carbons (Fsp3) is 0.125. The lowest BCUT2D eigenvalue weighted by Crippen LogP contribution is -2.28. The predicted octanol–water partition coefficient (Wildman–Crippen LogP) is 3.50. The highest BCUT2D eigenvalue weighted by molar-refractivity contribution is 7.20. The fourth-order valence-electron chi connectivity index (χ4n) is 2.63. The first kappa shape index (κ1) is 11.6. The number of aromatic nitrogens is 1. The predicted molar refractivity (Wildman–Crippen MR) is 81.4 cm³/mol. The normalized spacial score (nSPS) is 13.7. The van der Waals surface area contributed by atoms with Crippen LogP contribution in [-0.4, -0.2) is 17.4 Å². The Morgan fingerprint density at radius 2 is 1.90 bits per heavy atom. The van der Waals surface area contributed by atoms with Crippen molar-refractivity contribution < 1.29 is 4.79 Å². The minimum absolute atomic E-state index is 0.0103. The zero-order chi connectivity index (χ0) is 13.5. The molecule has 0 aliphatic carbocycles. The van der Waals surface area contributed by atoms with Gasteiger partial charge in [0.1, 0.15) is 0 Å². The zero-order valence-electron chi connectivity index (χ0n) is 10.7. The van der Waals surface area contributed by atoms with Crippen molar-refractivity contribution in [2.75, 3.05) is 11.4 Å². The third-order valence-electron chi connectivity index (χ3n) is 3.61. The Balaban J connectivity index is 1.74. The average Bonchev–Trinajstić information content (AvgIpc) is 3.10. The summed E-state index contributed by atoms with van der Waals surface area (Å²) in [5, 5.41) is 0.572. The van der Waals surface area contributed by atoms with Gasteiger partial charge < -0.3 is 4.90 Å². The second kappa shape index (κ2) is 4.42. The van der Waals surface area contributed by atoms with Gasteiger partial charge in [0, 0.05) is 12.2 Å². The van der Waals surface area contributed by atoms with Crippen molar-refractivity contribution in [3.05, 3.63) is 59.1 Å². The second-order valence-corrected chi connectivity index (χ2v) is 5.85. The van der Waals surface area contributed by atoms with Crippen molar-refractivity contribution >= 4 is 33.1 Å². The molecule has 0 radical (unpaired) electrons. The Morgan fingerprint density at radius 1 is 1.10 bits per heavy atom. The molecule has 0 bridgehead atoms. The molecule has 1 aromatic heterocycles. The van der Waals surface area contributed by atoms with Crippen molar-refractivity contribution in [2.24, 2.45) is 0 Å². The Hall–Kier alpha value is -2.20. The van der Waals surface area contributed by atoms with E-state index in [1.54, 1.807) is 0 Å². The van der Waals surface area contributed by atoms with E-state index in [1.807, 2.05) is 47.4 Å². The van der Waals surface area contributed by atoms with Gasteiger partial charge >= 0.3 is 0 Å². The topological polar surface area (TPSA) is 33.2 Å². The number of nitrogens with zero attached hydrogens (tertiary/aromatic N) is 2. The summed E-state index contributed by atoms with van der Waals surface area (Å²) in [6.45, 7) is 0.744. The van der Waals surface area contributed by atoms with Gasteiger partial charge in [-0.05, 0) is 30.2 Å². The van der Waals surface area contributed by atoms with E-state index in [0.29, 0.717) is 5.01 Å². The van der Waals surface area contributed by atoms with Crippen LogP contribution >= 0.6 is 11.3 Å². The van der Waals surface area contributed by atoms with Gasteiger partial charge in [0.05, 0.1) is 10.2 Å². The standard InChI is InChI=1S/C16H12N2OS/c19-16(15-17-12-6-2-4-8-14(12)20-15)18-10-9-11-5-1-3-7-13(11)18/h1-8H,9-10H2. The molecule has 2 aromatic carbocycles. The van der Waals surface area contributed by atoms with E-state index in [1.165, 1.54) is 16.9 Å². The van der Waals surface area contributed by atoms with Gasteiger partial charge in [0.2, 0.25) is 0 Å². The number of benzene rings is 2. The monoisotopic (exact) mass is 280 g/mol. The molecule has 20 heavy (non-hydrogen) atoms. The van der Waals surface area contributed by atoms with Crippen LogP contribution in [0, 0.1) is 0 Å². The number of carbonyl (C=O) groups excluding carboxylic acids is 1. The van der Waals surface area contributed by atoms with Crippen molar-refractivity contribution in [3.63, 3.8) is 0 Å². The molecule has 0 spiro atoms.